The highest BCUT2D eigenvalue weighted by atomic mass is 32.1. The fourth-order valence-corrected chi connectivity index (χ4v) is 4.09. The lowest BCUT2D eigenvalue weighted by Gasteiger charge is -2.31. The Morgan fingerprint density at radius 2 is 1.93 bits per heavy atom. The molecule has 1 amide bonds. The van der Waals surface area contributed by atoms with Crippen LogP contribution in [0.1, 0.15) is 40.6 Å². The first kappa shape index (κ1) is 18.0. The number of aryl methyl sites for hydroxylation is 2. The van der Waals surface area contributed by atoms with E-state index in [1.807, 2.05) is 32.0 Å². The Bertz CT molecular complexity index is 918. The number of amides is 1. The van der Waals surface area contributed by atoms with Crippen LogP contribution in [-0.2, 0) is 6.54 Å². The molecule has 0 saturated carbocycles. The Kier molecular flexibility index (Phi) is 5.13. The number of hydrogen-bond acceptors (Lipinski definition) is 6. The maximum absolute atomic E-state index is 12.2. The average molecular weight is 385 g/mol. The molecule has 3 aromatic heterocycles. The molecule has 1 saturated heterocycles. The molecule has 4 heterocycles. The van der Waals surface area contributed by atoms with Crippen LogP contribution in [0.25, 0.3) is 10.8 Å². The Morgan fingerprint density at radius 1 is 1.19 bits per heavy atom. The molecule has 0 aromatic carbocycles. The van der Waals surface area contributed by atoms with Gasteiger partial charge in [0.2, 0.25) is 0 Å². The monoisotopic (exact) mass is 385 g/mol. The number of likely N-dealkylation sites (tertiary alicyclic amines) is 1. The lowest BCUT2D eigenvalue weighted by Crippen LogP contribution is -2.44. The Morgan fingerprint density at radius 3 is 2.59 bits per heavy atom. The highest BCUT2D eigenvalue weighted by Crippen LogP contribution is 2.26. The summed E-state index contributed by atoms with van der Waals surface area (Å²) in [5.74, 6) is 2.74. The summed E-state index contributed by atoms with van der Waals surface area (Å²) >= 11 is 1.61. The van der Waals surface area contributed by atoms with Crippen molar-refractivity contribution in [2.45, 2.75) is 39.3 Å². The van der Waals surface area contributed by atoms with E-state index in [4.69, 9.17) is 13.8 Å². The number of thiazole rings is 1. The number of piperidine rings is 1. The second kappa shape index (κ2) is 7.70. The average Bonchev–Trinajstić information content (AvgIpc) is 3.38. The zero-order valence-electron chi connectivity index (χ0n) is 15.5. The first-order valence-corrected chi connectivity index (χ1v) is 10.1. The van der Waals surface area contributed by atoms with Gasteiger partial charge >= 0.3 is 0 Å². The number of carbonyl (C=O) groups is 1. The number of furan rings is 2. The highest BCUT2D eigenvalue weighted by molar-refractivity contribution is 7.13. The second-order valence-electron chi connectivity index (χ2n) is 6.99. The third kappa shape index (κ3) is 4.31. The normalized spacial score (nSPS) is 15.9. The molecule has 0 atom stereocenters. The van der Waals surface area contributed by atoms with Gasteiger partial charge in [-0.1, -0.05) is 0 Å². The third-order valence-corrected chi connectivity index (χ3v) is 5.68. The van der Waals surface area contributed by atoms with Crippen LogP contribution < -0.4 is 5.32 Å². The van der Waals surface area contributed by atoms with Crippen LogP contribution in [0.2, 0.25) is 0 Å². The van der Waals surface area contributed by atoms with Crippen molar-refractivity contribution < 1.29 is 13.6 Å². The molecule has 1 N–H and O–H groups in total. The van der Waals surface area contributed by atoms with Gasteiger partial charge < -0.3 is 14.2 Å². The van der Waals surface area contributed by atoms with E-state index in [0.29, 0.717) is 5.76 Å². The number of carbonyl (C=O) groups excluding carboxylic acids is 1. The summed E-state index contributed by atoms with van der Waals surface area (Å²) in [7, 11) is 0. The van der Waals surface area contributed by atoms with Gasteiger partial charge in [-0.25, -0.2) is 4.98 Å². The molecule has 1 aliphatic rings. The zero-order chi connectivity index (χ0) is 18.8. The smallest absolute Gasteiger partial charge is 0.287 e. The number of hydrogen-bond donors (Lipinski definition) is 1. The maximum atomic E-state index is 12.2. The molecular weight excluding hydrogens is 362 g/mol. The van der Waals surface area contributed by atoms with E-state index in [2.05, 4.69) is 15.6 Å². The van der Waals surface area contributed by atoms with E-state index >= 15 is 0 Å². The van der Waals surface area contributed by atoms with Gasteiger partial charge in [-0.05, 0) is 51.0 Å². The lowest BCUT2D eigenvalue weighted by atomic mass is 10.0. The SMILES string of the molecule is Cc1ccc(C(=O)NC2CCN(Cc3csc(-c4ccc(C)o4)n3)CC2)o1. The van der Waals surface area contributed by atoms with Gasteiger partial charge in [-0.3, -0.25) is 9.69 Å². The van der Waals surface area contributed by atoms with Gasteiger partial charge in [0, 0.05) is 31.1 Å². The van der Waals surface area contributed by atoms with E-state index in [1.165, 1.54) is 0 Å². The Labute approximate surface area is 162 Å². The first-order valence-electron chi connectivity index (χ1n) is 9.18. The predicted octanol–water partition coefficient (Wildman–Crippen LogP) is 4.01. The molecule has 7 heteroatoms. The van der Waals surface area contributed by atoms with Crippen LogP contribution in [0.5, 0.6) is 0 Å². The van der Waals surface area contributed by atoms with Gasteiger partial charge in [0.25, 0.3) is 5.91 Å². The van der Waals surface area contributed by atoms with Crippen molar-refractivity contribution in [2.24, 2.45) is 0 Å². The molecule has 6 nitrogen and oxygen atoms in total. The standard InChI is InChI=1S/C20H23N3O3S/c1-13-3-5-17(25-13)19(24)21-15-7-9-23(10-8-15)11-16-12-27-20(22-16)18-6-4-14(2)26-18/h3-6,12,15H,7-11H2,1-2H3,(H,21,24). The van der Waals surface area contributed by atoms with E-state index in [0.717, 1.165) is 60.5 Å². The minimum atomic E-state index is -0.126. The summed E-state index contributed by atoms with van der Waals surface area (Å²) in [4.78, 5) is 19.3. The molecule has 27 heavy (non-hydrogen) atoms. The quantitative estimate of drug-likeness (QED) is 0.719. The van der Waals surface area contributed by atoms with Crippen LogP contribution in [-0.4, -0.2) is 34.9 Å². The Hall–Kier alpha value is -2.38. The van der Waals surface area contributed by atoms with Gasteiger partial charge in [0.15, 0.2) is 16.5 Å². The fourth-order valence-electron chi connectivity index (χ4n) is 3.32. The van der Waals surface area contributed by atoms with Crippen LogP contribution in [0.15, 0.2) is 38.5 Å². The molecule has 0 unspecified atom stereocenters. The summed E-state index contributed by atoms with van der Waals surface area (Å²) in [6.07, 6.45) is 1.86. The van der Waals surface area contributed by atoms with Crippen molar-refractivity contribution in [1.29, 1.82) is 0 Å². The lowest BCUT2D eigenvalue weighted by molar-refractivity contribution is 0.0879. The van der Waals surface area contributed by atoms with E-state index in [1.54, 1.807) is 17.4 Å². The summed E-state index contributed by atoms with van der Waals surface area (Å²) in [5, 5.41) is 6.10. The molecule has 1 fully saturated rings. The van der Waals surface area contributed by atoms with Gasteiger partial charge in [0.05, 0.1) is 5.69 Å². The zero-order valence-corrected chi connectivity index (χ0v) is 16.3. The molecule has 0 bridgehead atoms. The topological polar surface area (TPSA) is 71.5 Å². The minimum absolute atomic E-state index is 0.126. The van der Waals surface area contributed by atoms with E-state index in [-0.39, 0.29) is 11.9 Å². The predicted molar refractivity (Wildman–Crippen MR) is 104 cm³/mol. The van der Waals surface area contributed by atoms with Crippen molar-refractivity contribution in [2.75, 3.05) is 13.1 Å². The van der Waals surface area contributed by atoms with Gasteiger partial charge in [0.1, 0.15) is 11.5 Å². The molecule has 1 aliphatic heterocycles. The summed E-state index contributed by atoms with van der Waals surface area (Å²) in [5.41, 5.74) is 1.07. The second-order valence-corrected chi connectivity index (χ2v) is 7.85. The van der Waals surface area contributed by atoms with Crippen molar-refractivity contribution in [3.63, 3.8) is 0 Å². The summed E-state index contributed by atoms with van der Waals surface area (Å²) in [6.45, 7) is 6.48. The number of nitrogens with zero attached hydrogens (tertiary/aromatic N) is 2. The summed E-state index contributed by atoms with van der Waals surface area (Å²) < 4.78 is 11.0. The van der Waals surface area contributed by atoms with Crippen molar-refractivity contribution >= 4 is 17.2 Å². The molecule has 0 aliphatic carbocycles. The minimum Gasteiger partial charge on any atom is -0.459 e. The molecule has 142 valence electrons. The Balaban J connectivity index is 1.27. The van der Waals surface area contributed by atoms with Crippen LogP contribution in [0, 0.1) is 13.8 Å². The van der Waals surface area contributed by atoms with Crippen LogP contribution in [0.4, 0.5) is 0 Å². The van der Waals surface area contributed by atoms with Gasteiger partial charge in [-0.15, -0.1) is 11.3 Å². The maximum Gasteiger partial charge on any atom is 0.287 e. The molecule has 0 spiro atoms. The number of aromatic nitrogens is 1. The fraction of sp³-hybridized carbons (Fsp3) is 0.400. The third-order valence-electron chi connectivity index (χ3n) is 4.78. The van der Waals surface area contributed by atoms with Crippen molar-refractivity contribution in [3.05, 3.63) is 52.6 Å². The van der Waals surface area contributed by atoms with Crippen molar-refractivity contribution in [1.82, 2.24) is 15.2 Å². The molecular formula is C20H23N3O3S. The van der Waals surface area contributed by atoms with E-state index in [9.17, 15) is 4.79 Å². The highest BCUT2D eigenvalue weighted by Gasteiger charge is 2.23. The number of nitrogens with one attached hydrogen (secondary N) is 1. The number of rotatable bonds is 5. The molecule has 3 aromatic rings. The molecule has 4 rings (SSSR count). The van der Waals surface area contributed by atoms with Gasteiger partial charge in [-0.2, -0.15) is 0 Å². The summed E-state index contributed by atoms with van der Waals surface area (Å²) in [6, 6.07) is 7.65. The first-order chi connectivity index (χ1) is 13.1. The van der Waals surface area contributed by atoms with E-state index < -0.39 is 0 Å². The van der Waals surface area contributed by atoms with Crippen molar-refractivity contribution in [3.8, 4) is 10.8 Å². The van der Waals surface area contributed by atoms with Crippen LogP contribution >= 0.6 is 11.3 Å². The molecule has 0 radical (unpaired) electrons. The van der Waals surface area contributed by atoms with Crippen LogP contribution in [0.3, 0.4) is 0 Å². The largest absolute Gasteiger partial charge is 0.459 e.